The molecule has 0 bridgehead atoms. The molecule has 1 fully saturated rings. The molecule has 0 spiro atoms. The van der Waals surface area contributed by atoms with E-state index in [4.69, 9.17) is 4.74 Å². The van der Waals surface area contributed by atoms with Crippen LogP contribution in [0.15, 0.2) is 29.2 Å². The third-order valence-electron chi connectivity index (χ3n) is 3.26. The van der Waals surface area contributed by atoms with Gasteiger partial charge in [-0.25, -0.2) is 8.42 Å². The molecule has 126 valence electrons. The van der Waals surface area contributed by atoms with Gasteiger partial charge in [0.05, 0.1) is 24.1 Å². The molecule has 9 nitrogen and oxygen atoms in total. The fourth-order valence-corrected chi connectivity index (χ4v) is 4.01. The van der Waals surface area contributed by atoms with Crippen molar-refractivity contribution in [1.82, 2.24) is 4.31 Å². The Kier molecular flexibility index (Phi) is 5.89. The first-order valence-corrected chi connectivity index (χ1v) is 8.85. The maximum absolute atomic E-state index is 12.7. The highest BCUT2D eigenvalue weighted by molar-refractivity contribution is 14.1. The normalized spacial score (nSPS) is 19.3. The van der Waals surface area contributed by atoms with E-state index in [0.717, 1.165) is 10.4 Å². The minimum Gasteiger partial charge on any atom is -0.394 e. The number of hydrogen-bond acceptors (Lipinski definition) is 7. The Hall–Kier alpha value is -1.31. The number of hydrogen-bond donors (Lipinski definition) is 0. The highest BCUT2D eigenvalue weighted by Crippen LogP contribution is 2.27. The molecular weight excluding hydrogens is 443 g/mol. The standard InChI is InChI=1S/C12H13IN2O7S/c13-22-12(16)7-9-8-14(5-6-21-9)23(19,20)11-4-2-1-3-10(11)15(17)18/h1-4,9H,5-8H2. The lowest BCUT2D eigenvalue weighted by molar-refractivity contribution is -0.387. The van der Waals surface area contributed by atoms with E-state index in [2.05, 4.69) is 3.07 Å². The van der Waals surface area contributed by atoms with Gasteiger partial charge in [0.1, 0.15) is 0 Å². The van der Waals surface area contributed by atoms with Crippen molar-refractivity contribution in [1.29, 1.82) is 0 Å². The van der Waals surface area contributed by atoms with E-state index >= 15 is 0 Å². The monoisotopic (exact) mass is 456 g/mol. The van der Waals surface area contributed by atoms with Gasteiger partial charge in [0, 0.05) is 19.2 Å². The molecule has 1 saturated heterocycles. The number of nitrogens with zero attached hydrogens (tertiary/aromatic N) is 2. The lowest BCUT2D eigenvalue weighted by Gasteiger charge is -2.31. The van der Waals surface area contributed by atoms with Gasteiger partial charge in [-0.2, -0.15) is 4.31 Å². The van der Waals surface area contributed by atoms with E-state index in [1.807, 2.05) is 0 Å². The minimum atomic E-state index is -4.06. The van der Waals surface area contributed by atoms with Crippen LogP contribution in [0.25, 0.3) is 0 Å². The average molecular weight is 456 g/mol. The van der Waals surface area contributed by atoms with Crippen molar-refractivity contribution in [2.24, 2.45) is 0 Å². The van der Waals surface area contributed by atoms with Crippen molar-refractivity contribution in [3.63, 3.8) is 0 Å². The predicted molar refractivity (Wildman–Crippen MR) is 86.3 cm³/mol. The summed E-state index contributed by atoms with van der Waals surface area (Å²) in [5, 5.41) is 11.0. The summed E-state index contributed by atoms with van der Waals surface area (Å²) in [6.07, 6.45) is -0.741. The number of rotatable bonds is 5. The fourth-order valence-electron chi connectivity index (χ4n) is 2.22. The molecule has 0 saturated carbocycles. The summed E-state index contributed by atoms with van der Waals surface area (Å²) in [6, 6.07) is 5.15. The first kappa shape index (κ1) is 18.0. The second-order valence-corrected chi connectivity index (χ2v) is 7.08. The second-order valence-electron chi connectivity index (χ2n) is 4.73. The zero-order valence-corrected chi connectivity index (χ0v) is 14.7. The first-order valence-electron chi connectivity index (χ1n) is 6.53. The molecule has 1 atom stereocenters. The van der Waals surface area contributed by atoms with Crippen LogP contribution in [-0.4, -0.2) is 49.4 Å². The summed E-state index contributed by atoms with van der Waals surface area (Å²) in [5.41, 5.74) is -0.484. The van der Waals surface area contributed by atoms with Crippen LogP contribution in [0.3, 0.4) is 0 Å². The number of ether oxygens (including phenoxy) is 1. The average Bonchev–Trinajstić information content (AvgIpc) is 2.55. The number of nitro groups is 1. The van der Waals surface area contributed by atoms with Crippen LogP contribution in [0.1, 0.15) is 6.42 Å². The van der Waals surface area contributed by atoms with Gasteiger partial charge in [-0.1, -0.05) is 12.1 Å². The van der Waals surface area contributed by atoms with Crippen LogP contribution >= 0.6 is 23.0 Å². The molecule has 1 aromatic rings. The highest BCUT2D eigenvalue weighted by atomic mass is 127. The minimum absolute atomic E-state index is 0.0597. The Morgan fingerprint density at radius 3 is 2.83 bits per heavy atom. The maximum atomic E-state index is 12.7. The lowest BCUT2D eigenvalue weighted by atomic mass is 10.2. The number of halogens is 1. The molecule has 1 unspecified atom stereocenters. The Morgan fingerprint density at radius 1 is 1.48 bits per heavy atom. The number of sulfonamides is 1. The molecule has 23 heavy (non-hydrogen) atoms. The molecule has 11 heteroatoms. The molecule has 0 amide bonds. The van der Waals surface area contributed by atoms with Gasteiger partial charge >= 0.3 is 5.97 Å². The van der Waals surface area contributed by atoms with Gasteiger partial charge in [0.2, 0.25) is 10.0 Å². The van der Waals surface area contributed by atoms with Gasteiger partial charge < -0.3 is 7.80 Å². The maximum Gasteiger partial charge on any atom is 0.317 e. The second kappa shape index (κ2) is 7.51. The van der Waals surface area contributed by atoms with Gasteiger partial charge in [-0.05, 0) is 6.07 Å². The molecule has 0 aliphatic carbocycles. The first-order chi connectivity index (χ1) is 10.9. The van der Waals surface area contributed by atoms with Crippen LogP contribution in [0, 0.1) is 10.1 Å². The van der Waals surface area contributed by atoms with E-state index in [0.29, 0.717) is 0 Å². The van der Waals surface area contributed by atoms with Crippen LogP contribution in [-0.2, 0) is 22.6 Å². The van der Waals surface area contributed by atoms with Crippen molar-refractivity contribution in [2.45, 2.75) is 17.4 Å². The highest BCUT2D eigenvalue weighted by Gasteiger charge is 2.35. The number of para-hydroxylation sites is 1. The Morgan fingerprint density at radius 2 is 2.17 bits per heavy atom. The Labute approximate surface area is 146 Å². The molecule has 2 rings (SSSR count). The van der Waals surface area contributed by atoms with E-state index in [-0.39, 0.29) is 31.0 Å². The quantitative estimate of drug-likeness (QED) is 0.372. The number of nitro benzene ring substituents is 1. The van der Waals surface area contributed by atoms with E-state index < -0.39 is 32.7 Å². The van der Waals surface area contributed by atoms with Crippen molar-refractivity contribution in [2.75, 3.05) is 19.7 Å². The van der Waals surface area contributed by atoms with Crippen molar-refractivity contribution in [3.05, 3.63) is 34.4 Å². The summed E-state index contributed by atoms with van der Waals surface area (Å²) in [4.78, 5) is 21.2. The topological polar surface area (TPSA) is 116 Å². The molecule has 0 N–H and O–H groups in total. The Balaban J connectivity index is 2.26. The zero-order chi connectivity index (χ0) is 17.0. The summed E-state index contributed by atoms with van der Waals surface area (Å²) in [6.45, 7) is 0.0866. The van der Waals surface area contributed by atoms with Crippen molar-refractivity contribution in [3.8, 4) is 0 Å². The molecule has 1 aromatic carbocycles. The molecule has 1 aliphatic heterocycles. The predicted octanol–water partition coefficient (Wildman–Crippen LogP) is 1.27. The third-order valence-corrected chi connectivity index (χ3v) is 5.67. The van der Waals surface area contributed by atoms with Crippen LogP contribution < -0.4 is 0 Å². The summed E-state index contributed by atoms with van der Waals surface area (Å²) in [7, 11) is -4.06. The molecule has 0 aromatic heterocycles. The summed E-state index contributed by atoms with van der Waals surface area (Å²) < 4.78 is 36.3. The molecule has 1 heterocycles. The largest absolute Gasteiger partial charge is 0.394 e. The third kappa shape index (κ3) is 4.16. The number of carbonyl (C=O) groups excluding carboxylic acids is 1. The summed E-state index contributed by atoms with van der Waals surface area (Å²) in [5.74, 6) is -0.527. The van der Waals surface area contributed by atoms with Gasteiger partial charge in [-0.3, -0.25) is 14.9 Å². The zero-order valence-electron chi connectivity index (χ0n) is 11.8. The molecule has 1 aliphatic rings. The van der Waals surface area contributed by atoms with Crippen LogP contribution in [0.5, 0.6) is 0 Å². The SMILES string of the molecule is O=C(CC1CN(S(=O)(=O)c2ccccc2[N+](=O)[O-])CCO1)OI. The van der Waals surface area contributed by atoms with Crippen LogP contribution in [0.4, 0.5) is 5.69 Å². The Bertz CT molecular complexity index is 709. The van der Waals surface area contributed by atoms with Gasteiger partial charge in [-0.15, -0.1) is 0 Å². The number of carbonyl (C=O) groups is 1. The summed E-state index contributed by atoms with van der Waals surface area (Å²) >= 11 is 1.44. The van der Waals surface area contributed by atoms with E-state index in [1.165, 1.54) is 41.2 Å². The van der Waals surface area contributed by atoms with Gasteiger partial charge in [0.25, 0.3) is 5.69 Å². The molecule has 0 radical (unpaired) electrons. The van der Waals surface area contributed by atoms with E-state index in [1.54, 1.807) is 0 Å². The fraction of sp³-hybridized carbons (Fsp3) is 0.417. The molecular formula is C12H13IN2O7S. The van der Waals surface area contributed by atoms with Gasteiger partial charge in [0.15, 0.2) is 27.9 Å². The number of benzene rings is 1. The smallest absolute Gasteiger partial charge is 0.317 e. The van der Waals surface area contributed by atoms with Crippen molar-refractivity contribution >= 4 is 44.7 Å². The van der Waals surface area contributed by atoms with Crippen LogP contribution in [0.2, 0.25) is 0 Å². The van der Waals surface area contributed by atoms with Crippen molar-refractivity contribution < 1.29 is 25.9 Å². The van der Waals surface area contributed by atoms with E-state index in [9.17, 15) is 23.3 Å². The lowest BCUT2D eigenvalue weighted by Crippen LogP contribution is -2.46. The number of morpholine rings is 1.